The van der Waals surface area contributed by atoms with Gasteiger partial charge in [0.15, 0.2) is 0 Å². The molecule has 0 radical (unpaired) electrons. The van der Waals surface area contributed by atoms with Gasteiger partial charge in [0.25, 0.3) is 0 Å². The first-order valence-electron chi connectivity index (χ1n) is 10.1. The van der Waals surface area contributed by atoms with Crippen molar-refractivity contribution in [3.8, 4) is 0 Å². The lowest BCUT2D eigenvalue weighted by Crippen LogP contribution is -2.29. The third-order valence-electron chi connectivity index (χ3n) is 5.36. The summed E-state index contributed by atoms with van der Waals surface area (Å²) in [6.07, 6.45) is 0. The monoisotopic (exact) mass is 413 g/mol. The van der Waals surface area contributed by atoms with E-state index < -0.39 is 12.0 Å². The van der Waals surface area contributed by atoms with Crippen LogP contribution >= 0.6 is 0 Å². The fraction of sp³-hybridized carbons (Fsp3) is 0.120. The van der Waals surface area contributed by atoms with Crippen molar-refractivity contribution in [2.45, 2.75) is 13.0 Å². The van der Waals surface area contributed by atoms with Gasteiger partial charge in [-0.1, -0.05) is 54.6 Å². The molecule has 4 aromatic rings. The molecule has 0 amide bonds. The molecule has 1 aliphatic heterocycles. The van der Waals surface area contributed by atoms with Gasteiger partial charge in [-0.05, 0) is 42.3 Å². The second kappa shape index (κ2) is 7.72. The van der Waals surface area contributed by atoms with Gasteiger partial charge in [-0.3, -0.25) is 4.57 Å². The second-order valence-electron chi connectivity index (χ2n) is 7.25. The van der Waals surface area contributed by atoms with E-state index in [0.29, 0.717) is 22.8 Å². The number of rotatable bonds is 4. The quantitative estimate of drug-likeness (QED) is 0.469. The summed E-state index contributed by atoms with van der Waals surface area (Å²) in [6.45, 7) is 2.00. The average molecular weight is 413 g/mol. The van der Waals surface area contributed by atoms with E-state index in [1.807, 2.05) is 65.2 Å². The number of carbonyl (C=O) groups is 1. The summed E-state index contributed by atoms with van der Waals surface area (Å²) in [5.41, 5.74) is 4.11. The predicted molar refractivity (Wildman–Crippen MR) is 118 cm³/mol. The number of carbonyl (C=O) groups excluding carboxylic acids is 1. The van der Waals surface area contributed by atoms with E-state index in [1.165, 1.54) is 12.1 Å². The molecule has 1 atom stereocenters. The maximum absolute atomic E-state index is 14.3. The van der Waals surface area contributed by atoms with E-state index in [1.54, 1.807) is 13.0 Å². The van der Waals surface area contributed by atoms with Crippen LogP contribution in [-0.4, -0.2) is 22.1 Å². The Hall–Kier alpha value is -3.93. The second-order valence-corrected chi connectivity index (χ2v) is 7.25. The molecule has 5 rings (SSSR count). The van der Waals surface area contributed by atoms with Crippen molar-refractivity contribution in [2.75, 3.05) is 11.9 Å². The summed E-state index contributed by atoms with van der Waals surface area (Å²) >= 11 is 0. The highest BCUT2D eigenvalue weighted by molar-refractivity contribution is 6.03. The molecule has 0 aliphatic carbocycles. The molecule has 31 heavy (non-hydrogen) atoms. The third-order valence-corrected chi connectivity index (χ3v) is 5.36. The van der Waals surface area contributed by atoms with Crippen molar-refractivity contribution in [2.24, 2.45) is 0 Å². The molecule has 1 N–H and O–H groups in total. The Balaban J connectivity index is 1.84. The SMILES string of the molecule is CCOC(=O)C1=C(c2ccccc2)Nc2nc3ccccc3n2C1c1cccc(F)c1. The summed E-state index contributed by atoms with van der Waals surface area (Å²) < 4.78 is 21.6. The maximum atomic E-state index is 14.3. The van der Waals surface area contributed by atoms with Gasteiger partial charge in [-0.25, -0.2) is 14.2 Å². The van der Waals surface area contributed by atoms with E-state index in [4.69, 9.17) is 9.72 Å². The highest BCUT2D eigenvalue weighted by Crippen LogP contribution is 2.42. The number of para-hydroxylation sites is 2. The van der Waals surface area contributed by atoms with Crippen LogP contribution in [0.1, 0.15) is 24.1 Å². The van der Waals surface area contributed by atoms with Crippen LogP contribution in [0.5, 0.6) is 0 Å². The lowest BCUT2D eigenvalue weighted by molar-refractivity contribution is -0.138. The van der Waals surface area contributed by atoms with E-state index in [2.05, 4.69) is 5.32 Å². The Bertz CT molecular complexity index is 1310. The van der Waals surface area contributed by atoms with Crippen LogP contribution in [0.2, 0.25) is 0 Å². The molecule has 1 aliphatic rings. The molecule has 0 fully saturated rings. The van der Waals surface area contributed by atoms with Gasteiger partial charge in [0.2, 0.25) is 5.95 Å². The summed E-state index contributed by atoms with van der Waals surface area (Å²) in [6, 6.07) is 23.0. The summed E-state index contributed by atoms with van der Waals surface area (Å²) in [5.74, 6) is -0.236. The number of nitrogens with one attached hydrogen (secondary N) is 1. The summed E-state index contributed by atoms with van der Waals surface area (Å²) in [4.78, 5) is 18.0. The van der Waals surface area contributed by atoms with Crippen LogP contribution in [0.15, 0.2) is 84.4 Å². The van der Waals surface area contributed by atoms with Gasteiger partial charge < -0.3 is 10.1 Å². The van der Waals surface area contributed by atoms with Crippen molar-refractivity contribution in [3.63, 3.8) is 0 Å². The third kappa shape index (κ3) is 3.26. The fourth-order valence-electron chi connectivity index (χ4n) is 4.09. The first kappa shape index (κ1) is 19.1. The standard InChI is InChI=1S/C25H20FN3O2/c1-2-31-24(30)21-22(16-9-4-3-5-10-16)28-25-27-19-13-6-7-14-20(19)29(25)23(21)17-11-8-12-18(26)15-17/h3-15,23H,2H2,1H3,(H,27,28). The zero-order chi connectivity index (χ0) is 21.4. The van der Waals surface area contributed by atoms with Crippen molar-refractivity contribution in [3.05, 3.63) is 101 Å². The largest absolute Gasteiger partial charge is 0.463 e. The molecule has 3 aromatic carbocycles. The predicted octanol–water partition coefficient (Wildman–Crippen LogP) is 5.16. The van der Waals surface area contributed by atoms with Crippen molar-refractivity contribution in [1.82, 2.24) is 9.55 Å². The molecular weight excluding hydrogens is 393 g/mol. The Labute approximate surface area is 178 Å². The molecule has 0 spiro atoms. The summed E-state index contributed by atoms with van der Waals surface area (Å²) in [7, 11) is 0. The first-order valence-corrected chi connectivity index (χ1v) is 10.1. The normalized spacial score (nSPS) is 15.5. The minimum atomic E-state index is -0.603. The van der Waals surface area contributed by atoms with Crippen LogP contribution in [0.4, 0.5) is 10.3 Å². The lowest BCUT2D eigenvalue weighted by Gasteiger charge is -2.31. The Kier molecular flexibility index (Phi) is 4.75. The fourth-order valence-corrected chi connectivity index (χ4v) is 4.09. The van der Waals surface area contributed by atoms with E-state index in [0.717, 1.165) is 16.6 Å². The van der Waals surface area contributed by atoms with Gasteiger partial charge in [0.1, 0.15) is 5.82 Å². The molecule has 0 bridgehead atoms. The van der Waals surface area contributed by atoms with Crippen LogP contribution in [-0.2, 0) is 9.53 Å². The molecule has 154 valence electrons. The molecule has 1 unspecified atom stereocenters. The number of anilines is 1. The molecule has 6 heteroatoms. The Morgan fingerprint density at radius 2 is 1.84 bits per heavy atom. The van der Waals surface area contributed by atoms with Gasteiger partial charge >= 0.3 is 5.97 Å². The molecule has 2 heterocycles. The minimum Gasteiger partial charge on any atom is -0.463 e. The number of fused-ring (bicyclic) bond motifs is 3. The zero-order valence-corrected chi connectivity index (χ0v) is 16.9. The van der Waals surface area contributed by atoms with Crippen molar-refractivity contribution in [1.29, 1.82) is 0 Å². The Morgan fingerprint density at radius 3 is 2.61 bits per heavy atom. The van der Waals surface area contributed by atoms with Gasteiger partial charge in [0.05, 0.1) is 35.0 Å². The molecule has 0 saturated carbocycles. The number of benzene rings is 3. The summed E-state index contributed by atoms with van der Waals surface area (Å²) in [5, 5.41) is 3.34. The first-order chi connectivity index (χ1) is 15.2. The van der Waals surface area contributed by atoms with E-state index >= 15 is 0 Å². The minimum absolute atomic E-state index is 0.234. The van der Waals surface area contributed by atoms with Crippen LogP contribution in [0, 0.1) is 5.82 Å². The number of aromatic nitrogens is 2. The van der Waals surface area contributed by atoms with Gasteiger partial charge in [-0.2, -0.15) is 0 Å². The van der Waals surface area contributed by atoms with Crippen molar-refractivity contribution >= 4 is 28.6 Å². The number of halogens is 1. The smallest absolute Gasteiger partial charge is 0.338 e. The average Bonchev–Trinajstić information content (AvgIpc) is 3.17. The van der Waals surface area contributed by atoms with Gasteiger partial charge in [0, 0.05) is 0 Å². The lowest BCUT2D eigenvalue weighted by atomic mass is 9.92. The number of nitrogens with zero attached hydrogens (tertiary/aromatic N) is 2. The highest BCUT2D eigenvalue weighted by atomic mass is 19.1. The zero-order valence-electron chi connectivity index (χ0n) is 16.9. The van der Waals surface area contributed by atoms with E-state index in [-0.39, 0.29) is 12.4 Å². The van der Waals surface area contributed by atoms with Crippen LogP contribution in [0.3, 0.4) is 0 Å². The number of hydrogen-bond acceptors (Lipinski definition) is 4. The van der Waals surface area contributed by atoms with E-state index in [9.17, 15) is 9.18 Å². The van der Waals surface area contributed by atoms with Crippen LogP contribution < -0.4 is 5.32 Å². The van der Waals surface area contributed by atoms with Gasteiger partial charge in [-0.15, -0.1) is 0 Å². The maximum Gasteiger partial charge on any atom is 0.338 e. The number of esters is 1. The van der Waals surface area contributed by atoms with Crippen molar-refractivity contribution < 1.29 is 13.9 Å². The number of hydrogen-bond donors (Lipinski definition) is 1. The van der Waals surface area contributed by atoms with Crippen LogP contribution in [0.25, 0.3) is 16.7 Å². The molecule has 5 nitrogen and oxygen atoms in total. The molecular formula is C25H20FN3O2. The highest BCUT2D eigenvalue weighted by Gasteiger charge is 2.36. The molecule has 0 saturated heterocycles. The number of ether oxygens (including phenoxy) is 1. The Morgan fingerprint density at radius 1 is 1.06 bits per heavy atom. The molecule has 1 aromatic heterocycles. The number of imidazole rings is 1. The topological polar surface area (TPSA) is 56.1 Å².